The second kappa shape index (κ2) is 6.08. The molecule has 0 aliphatic rings. The highest BCUT2D eigenvalue weighted by Gasteiger charge is 2.31. The Labute approximate surface area is 105 Å². The Hall–Kier alpha value is -1.24. The molecule has 0 bridgehead atoms. The smallest absolute Gasteiger partial charge is 0.391 e. The summed E-state index contributed by atoms with van der Waals surface area (Å²) in [7, 11) is -2.45. The molecule has 6 N–H and O–H groups in total. The summed E-state index contributed by atoms with van der Waals surface area (Å²) < 4.78 is 4.69. The van der Waals surface area contributed by atoms with Gasteiger partial charge in [0.25, 0.3) is 0 Å². The van der Waals surface area contributed by atoms with Gasteiger partial charge in [0.15, 0.2) is 0 Å². The van der Waals surface area contributed by atoms with Crippen molar-refractivity contribution in [3.8, 4) is 5.75 Å². The maximum atomic E-state index is 11.0. The lowest BCUT2D eigenvalue weighted by Crippen LogP contribution is -2.54. The van der Waals surface area contributed by atoms with Crippen molar-refractivity contribution in [2.45, 2.75) is 18.9 Å². The first-order chi connectivity index (χ1) is 8.37. The van der Waals surface area contributed by atoms with Crippen LogP contribution in [-0.4, -0.2) is 26.4 Å². The number of nitrogens with one attached hydrogen (secondary N) is 1. The molecule has 0 unspecified atom stereocenters. The highest BCUT2D eigenvalue weighted by atomic mass is 31.2. The molecular weight excluding hydrogens is 259 g/mol. The number of benzene rings is 1. The lowest BCUT2D eigenvalue weighted by molar-refractivity contribution is -0.144. The molecule has 0 radical (unpaired) electrons. The minimum absolute atomic E-state index is 0.187. The minimum atomic E-state index is -2.45. The first kappa shape index (κ1) is 14.8. The van der Waals surface area contributed by atoms with E-state index in [0.29, 0.717) is 5.75 Å². The molecule has 0 amide bonds. The number of hydrogen-bond acceptors (Lipinski definition) is 6. The van der Waals surface area contributed by atoms with Gasteiger partial charge in [-0.1, -0.05) is 12.1 Å². The van der Waals surface area contributed by atoms with E-state index < -0.39 is 20.1 Å². The second-order valence-corrected chi connectivity index (χ2v) is 4.63. The Morgan fingerprint density at radius 3 is 2.39 bits per heavy atom. The largest absolute Gasteiger partial charge is 0.480 e. The van der Waals surface area contributed by atoms with Crippen molar-refractivity contribution in [1.29, 1.82) is 0 Å². The van der Waals surface area contributed by atoms with Gasteiger partial charge in [0.05, 0.1) is 0 Å². The zero-order valence-corrected chi connectivity index (χ0v) is 10.6. The van der Waals surface area contributed by atoms with E-state index in [2.05, 4.69) is 5.43 Å². The van der Waals surface area contributed by atoms with E-state index >= 15 is 0 Å². The predicted octanol–water partition coefficient (Wildman–Crippen LogP) is 0.126. The molecule has 0 saturated heterocycles. The molecule has 8 heteroatoms. The second-order valence-electron chi connectivity index (χ2n) is 3.95. The van der Waals surface area contributed by atoms with Crippen LogP contribution in [-0.2, 0) is 11.2 Å². The zero-order valence-electron chi connectivity index (χ0n) is 9.70. The molecule has 0 heterocycles. The average Bonchev–Trinajstić information content (AvgIpc) is 2.30. The molecule has 0 spiro atoms. The number of aliphatic carboxylic acids is 1. The van der Waals surface area contributed by atoms with Crippen molar-refractivity contribution in [3.05, 3.63) is 29.8 Å². The van der Waals surface area contributed by atoms with Crippen LogP contribution in [0.15, 0.2) is 24.3 Å². The van der Waals surface area contributed by atoms with Crippen molar-refractivity contribution in [2.24, 2.45) is 5.84 Å². The van der Waals surface area contributed by atoms with E-state index in [9.17, 15) is 4.79 Å². The first-order valence-electron chi connectivity index (χ1n) is 5.03. The lowest BCUT2D eigenvalue weighted by Gasteiger charge is -2.23. The molecular formula is C10H15N2O5P. The van der Waals surface area contributed by atoms with E-state index in [1.54, 1.807) is 12.1 Å². The highest BCUT2D eigenvalue weighted by Crippen LogP contribution is 2.29. The van der Waals surface area contributed by atoms with Gasteiger partial charge in [-0.2, -0.15) is 0 Å². The van der Waals surface area contributed by atoms with Gasteiger partial charge >= 0.3 is 14.6 Å². The summed E-state index contributed by atoms with van der Waals surface area (Å²) in [5.74, 6) is 4.48. The number of hydrogen-bond donors (Lipinski definition) is 5. The number of rotatable bonds is 6. The van der Waals surface area contributed by atoms with Crippen molar-refractivity contribution < 1.29 is 24.2 Å². The van der Waals surface area contributed by atoms with E-state index in [4.69, 9.17) is 25.3 Å². The fourth-order valence-electron chi connectivity index (χ4n) is 1.36. The Morgan fingerprint density at radius 2 is 2.00 bits per heavy atom. The molecule has 1 atom stereocenters. The summed E-state index contributed by atoms with van der Waals surface area (Å²) in [5, 5.41) is 9.04. The summed E-state index contributed by atoms with van der Waals surface area (Å²) >= 11 is 0. The summed E-state index contributed by atoms with van der Waals surface area (Å²) in [6.45, 7) is 1.47. The van der Waals surface area contributed by atoms with Gasteiger partial charge in [-0.25, -0.2) is 5.43 Å². The molecule has 0 aromatic heterocycles. The topological polar surface area (TPSA) is 125 Å². The zero-order chi connectivity index (χ0) is 13.8. The van der Waals surface area contributed by atoms with Crippen LogP contribution >= 0.6 is 8.60 Å². The van der Waals surface area contributed by atoms with Crippen LogP contribution in [0.1, 0.15) is 12.5 Å². The number of carboxylic acid groups (broad SMARTS) is 1. The Kier molecular flexibility index (Phi) is 5.01. The molecule has 1 aromatic rings. The summed E-state index contributed by atoms with van der Waals surface area (Å²) in [6.07, 6.45) is 0.187. The van der Waals surface area contributed by atoms with E-state index in [0.717, 1.165) is 5.56 Å². The van der Waals surface area contributed by atoms with E-state index in [1.807, 2.05) is 0 Å². The van der Waals surface area contributed by atoms with Gasteiger partial charge < -0.3 is 19.4 Å². The maximum absolute atomic E-state index is 11.0. The third kappa shape index (κ3) is 3.90. The predicted molar refractivity (Wildman–Crippen MR) is 65.5 cm³/mol. The van der Waals surface area contributed by atoms with Gasteiger partial charge in [0, 0.05) is 6.42 Å². The van der Waals surface area contributed by atoms with Crippen LogP contribution in [0.25, 0.3) is 0 Å². The molecule has 7 nitrogen and oxygen atoms in total. The van der Waals surface area contributed by atoms with Gasteiger partial charge in [-0.3, -0.25) is 10.6 Å². The quantitative estimate of drug-likeness (QED) is 0.283. The monoisotopic (exact) mass is 274 g/mol. The normalized spacial score (nSPS) is 14.3. The van der Waals surface area contributed by atoms with Crippen LogP contribution in [0, 0.1) is 0 Å². The number of carbonyl (C=O) groups is 1. The van der Waals surface area contributed by atoms with E-state index in [-0.39, 0.29) is 6.42 Å². The molecule has 1 aromatic carbocycles. The summed E-state index contributed by atoms with van der Waals surface area (Å²) in [4.78, 5) is 28.4. The minimum Gasteiger partial charge on any atom is -0.480 e. The van der Waals surface area contributed by atoms with Crippen molar-refractivity contribution in [1.82, 2.24) is 5.43 Å². The van der Waals surface area contributed by atoms with Gasteiger partial charge in [-0.05, 0) is 24.6 Å². The Morgan fingerprint density at radius 1 is 1.44 bits per heavy atom. The highest BCUT2D eigenvalue weighted by molar-refractivity contribution is 7.39. The van der Waals surface area contributed by atoms with Gasteiger partial charge in [-0.15, -0.1) is 0 Å². The van der Waals surface area contributed by atoms with Gasteiger partial charge in [0.2, 0.25) is 0 Å². The van der Waals surface area contributed by atoms with Crippen molar-refractivity contribution >= 4 is 14.6 Å². The maximum Gasteiger partial charge on any atom is 0.391 e. The Balaban J connectivity index is 2.77. The van der Waals surface area contributed by atoms with E-state index in [1.165, 1.54) is 19.1 Å². The third-order valence-corrected chi connectivity index (χ3v) is 2.83. The summed E-state index contributed by atoms with van der Waals surface area (Å²) in [6, 6.07) is 6.31. The fourth-order valence-corrected chi connectivity index (χ4v) is 1.67. The van der Waals surface area contributed by atoms with Crippen molar-refractivity contribution in [2.75, 3.05) is 0 Å². The number of nitrogens with two attached hydrogens (primary N) is 1. The average molecular weight is 274 g/mol. The molecule has 18 heavy (non-hydrogen) atoms. The van der Waals surface area contributed by atoms with Crippen molar-refractivity contribution in [3.63, 3.8) is 0 Å². The number of carboxylic acids is 1. The summed E-state index contributed by atoms with van der Waals surface area (Å²) in [5.41, 5.74) is 1.73. The molecule has 0 fully saturated rings. The van der Waals surface area contributed by atoms with Crippen LogP contribution in [0.4, 0.5) is 0 Å². The standard InChI is InChI=1S/C10H15N2O5P/c1-10(12-11,9(13)14)6-7-2-4-8(5-3-7)17-18(15)16/h2-5,12,15-16H,6,11H2,1H3,(H,13,14)/t10-/m0/s1. The van der Waals surface area contributed by atoms with Crippen LogP contribution < -0.4 is 15.8 Å². The first-order valence-corrected chi connectivity index (χ1v) is 6.20. The molecule has 0 aliphatic heterocycles. The van der Waals surface area contributed by atoms with Crippen LogP contribution in [0.2, 0.25) is 0 Å². The molecule has 0 aliphatic carbocycles. The Bertz CT molecular complexity index is 411. The SMILES string of the molecule is C[C@@](Cc1ccc(OP(O)O)cc1)(NN)C(=O)O. The molecule has 100 valence electrons. The van der Waals surface area contributed by atoms with Gasteiger partial charge in [0.1, 0.15) is 11.3 Å². The third-order valence-electron chi connectivity index (χ3n) is 2.46. The van der Waals surface area contributed by atoms with Crippen LogP contribution in [0.3, 0.4) is 0 Å². The lowest BCUT2D eigenvalue weighted by atomic mass is 9.94. The molecule has 0 saturated carbocycles. The number of hydrazine groups is 1. The molecule has 1 rings (SSSR count). The fraction of sp³-hybridized carbons (Fsp3) is 0.300. The van der Waals surface area contributed by atoms with Crippen LogP contribution in [0.5, 0.6) is 5.75 Å².